The molecule has 0 saturated heterocycles. The van der Waals surface area contributed by atoms with Crippen LogP contribution in [0.3, 0.4) is 0 Å². The van der Waals surface area contributed by atoms with Gasteiger partial charge in [0.15, 0.2) is 15.4 Å². The highest BCUT2D eigenvalue weighted by Gasteiger charge is 2.45. The number of anilines is 1. The highest BCUT2D eigenvalue weighted by atomic mass is 79.9. The fourth-order valence-electron chi connectivity index (χ4n) is 3.56. The molecule has 0 spiro atoms. The molecule has 0 unspecified atom stereocenters. The Bertz CT molecular complexity index is 1300. The van der Waals surface area contributed by atoms with Crippen molar-refractivity contribution in [1.29, 1.82) is 5.26 Å². The molecule has 1 fully saturated rings. The molecule has 0 atom stereocenters. The van der Waals surface area contributed by atoms with E-state index in [0.29, 0.717) is 30.9 Å². The predicted molar refractivity (Wildman–Crippen MR) is 114 cm³/mol. The first-order valence-electron chi connectivity index (χ1n) is 9.42. The number of fused-ring (bicyclic) bond motifs is 2. The van der Waals surface area contributed by atoms with Crippen LogP contribution in [0, 0.1) is 18.3 Å². The Hall–Kier alpha value is -2.84. The van der Waals surface area contributed by atoms with E-state index in [2.05, 4.69) is 47.3 Å². The first-order valence-corrected chi connectivity index (χ1v) is 11.0. The Morgan fingerprint density at radius 3 is 2.90 bits per heavy atom. The number of aryl methyl sites for hydroxylation is 1. The molecule has 1 amide bonds. The summed E-state index contributed by atoms with van der Waals surface area (Å²) in [6.07, 6.45) is 2.03. The van der Waals surface area contributed by atoms with Gasteiger partial charge in [0.25, 0.3) is 11.5 Å². The van der Waals surface area contributed by atoms with E-state index in [1.165, 1.54) is 9.39 Å². The second kappa shape index (κ2) is 6.85. The topological polar surface area (TPSA) is 116 Å². The third kappa shape index (κ3) is 3.26. The number of carbonyl (C=O) groups excluding carboxylic acids is 1. The second-order valence-corrected chi connectivity index (χ2v) is 9.92. The van der Waals surface area contributed by atoms with Gasteiger partial charge in [0, 0.05) is 23.9 Å². The number of amides is 1. The van der Waals surface area contributed by atoms with Crippen molar-refractivity contribution in [2.45, 2.75) is 38.3 Å². The summed E-state index contributed by atoms with van der Waals surface area (Å²) in [5.74, 6) is 0.190. The molecule has 1 N–H and O–H groups in total. The van der Waals surface area contributed by atoms with Crippen molar-refractivity contribution >= 4 is 44.6 Å². The molecule has 152 valence electrons. The summed E-state index contributed by atoms with van der Waals surface area (Å²) >= 11 is 5.04. The Kier molecular flexibility index (Phi) is 4.37. The molecule has 0 radical (unpaired) electrons. The maximum absolute atomic E-state index is 12.7. The van der Waals surface area contributed by atoms with Gasteiger partial charge in [-0.25, -0.2) is 9.97 Å². The van der Waals surface area contributed by atoms with E-state index in [9.17, 15) is 9.59 Å². The Labute approximate surface area is 183 Å². The molecule has 30 heavy (non-hydrogen) atoms. The Morgan fingerprint density at radius 2 is 2.17 bits per heavy atom. The predicted octanol–water partition coefficient (Wildman–Crippen LogP) is 1.97. The van der Waals surface area contributed by atoms with Crippen molar-refractivity contribution < 1.29 is 4.79 Å². The highest BCUT2D eigenvalue weighted by molar-refractivity contribution is 9.11. The van der Waals surface area contributed by atoms with E-state index in [0.717, 1.165) is 34.2 Å². The smallest absolute Gasteiger partial charge is 0.275 e. The third-order valence-corrected chi connectivity index (χ3v) is 6.90. The van der Waals surface area contributed by atoms with Crippen LogP contribution in [-0.4, -0.2) is 37.6 Å². The van der Waals surface area contributed by atoms with E-state index in [4.69, 9.17) is 5.26 Å². The van der Waals surface area contributed by atoms with Gasteiger partial charge in [0.1, 0.15) is 11.2 Å². The zero-order chi connectivity index (χ0) is 21.0. The SMILES string of the molecule is Cc1cc2nc(C(=O)NC3(C#N)CC3)cc(=O)n2nc1N1CCc2nc(Br)sc2C1. The van der Waals surface area contributed by atoms with Crippen molar-refractivity contribution in [2.75, 3.05) is 11.4 Å². The van der Waals surface area contributed by atoms with E-state index in [-0.39, 0.29) is 5.69 Å². The summed E-state index contributed by atoms with van der Waals surface area (Å²) in [7, 11) is 0. The van der Waals surface area contributed by atoms with Crippen molar-refractivity contribution in [3.05, 3.63) is 48.2 Å². The molecule has 3 aromatic rings. The molecular weight excluding hydrogens is 470 g/mol. The van der Waals surface area contributed by atoms with E-state index < -0.39 is 17.0 Å². The lowest BCUT2D eigenvalue weighted by Gasteiger charge is -2.28. The van der Waals surface area contributed by atoms with E-state index >= 15 is 0 Å². The number of hydrogen-bond acceptors (Lipinski definition) is 8. The summed E-state index contributed by atoms with van der Waals surface area (Å²) in [5.41, 5.74) is 0.998. The van der Waals surface area contributed by atoms with Gasteiger partial charge in [-0.05, 0) is 47.3 Å². The lowest BCUT2D eigenvalue weighted by Crippen LogP contribution is -2.37. The average Bonchev–Trinajstić information content (AvgIpc) is 3.38. The standard InChI is InChI=1S/C19H16BrN7O2S/c1-10-6-14-22-12(17(29)24-19(9-21)3-4-19)7-15(28)27(14)25-16(10)26-5-2-11-13(8-26)30-18(20)23-11/h6-7H,2-5,8H2,1H3,(H,24,29). The molecule has 2 aliphatic rings. The van der Waals surface area contributed by atoms with Crippen LogP contribution in [0.25, 0.3) is 5.65 Å². The maximum Gasteiger partial charge on any atom is 0.275 e. The lowest BCUT2D eigenvalue weighted by molar-refractivity contribution is 0.0936. The van der Waals surface area contributed by atoms with Gasteiger partial charge in [0.2, 0.25) is 0 Å². The van der Waals surface area contributed by atoms with Gasteiger partial charge >= 0.3 is 0 Å². The molecule has 0 aromatic carbocycles. The third-order valence-electron chi connectivity index (χ3n) is 5.37. The number of rotatable bonds is 3. The van der Waals surface area contributed by atoms with Crippen LogP contribution in [0.2, 0.25) is 0 Å². The maximum atomic E-state index is 12.7. The molecule has 1 saturated carbocycles. The lowest BCUT2D eigenvalue weighted by atomic mass is 10.1. The van der Waals surface area contributed by atoms with E-state index in [1.54, 1.807) is 17.4 Å². The monoisotopic (exact) mass is 485 g/mol. The van der Waals surface area contributed by atoms with Crippen LogP contribution < -0.4 is 15.8 Å². The van der Waals surface area contributed by atoms with Crippen LogP contribution >= 0.6 is 27.3 Å². The quantitative estimate of drug-likeness (QED) is 0.602. The van der Waals surface area contributed by atoms with Gasteiger partial charge in [-0.2, -0.15) is 9.78 Å². The zero-order valence-corrected chi connectivity index (χ0v) is 18.4. The number of nitrogens with zero attached hydrogens (tertiary/aromatic N) is 6. The fourth-order valence-corrected chi connectivity index (χ4v) is 5.21. The highest BCUT2D eigenvalue weighted by Crippen LogP contribution is 2.34. The average molecular weight is 486 g/mol. The molecule has 1 aliphatic heterocycles. The first kappa shape index (κ1) is 19.1. The summed E-state index contributed by atoms with van der Waals surface area (Å²) in [4.78, 5) is 37.3. The van der Waals surface area contributed by atoms with Crippen LogP contribution in [0.4, 0.5) is 5.82 Å². The largest absolute Gasteiger partial charge is 0.349 e. The number of thiazole rings is 1. The summed E-state index contributed by atoms with van der Waals surface area (Å²) in [6.45, 7) is 3.34. The van der Waals surface area contributed by atoms with Crippen molar-refractivity contribution in [3.8, 4) is 6.07 Å². The van der Waals surface area contributed by atoms with Gasteiger partial charge in [-0.15, -0.1) is 16.4 Å². The fraction of sp³-hybridized carbons (Fsp3) is 0.368. The Morgan fingerprint density at radius 1 is 1.37 bits per heavy atom. The number of carbonyl (C=O) groups is 1. The minimum atomic E-state index is -0.819. The Balaban J connectivity index is 1.49. The molecule has 9 nitrogen and oxygen atoms in total. The summed E-state index contributed by atoms with van der Waals surface area (Å²) in [5, 5.41) is 16.4. The van der Waals surface area contributed by atoms with Crippen LogP contribution in [0.1, 0.15) is 39.5 Å². The molecule has 3 aromatic heterocycles. The minimum absolute atomic E-state index is 0.00685. The molecule has 11 heteroatoms. The van der Waals surface area contributed by atoms with E-state index in [1.807, 2.05) is 6.92 Å². The molecule has 5 rings (SSSR count). The molecule has 1 aliphatic carbocycles. The molecule has 0 bridgehead atoms. The van der Waals surface area contributed by atoms with Crippen LogP contribution in [0.15, 0.2) is 20.8 Å². The number of hydrogen-bond donors (Lipinski definition) is 1. The zero-order valence-electron chi connectivity index (χ0n) is 16.0. The van der Waals surface area contributed by atoms with Crippen molar-refractivity contribution in [2.24, 2.45) is 0 Å². The molecular formula is C19H16BrN7O2S. The van der Waals surface area contributed by atoms with Crippen LogP contribution in [-0.2, 0) is 13.0 Å². The van der Waals surface area contributed by atoms with Gasteiger partial charge < -0.3 is 10.2 Å². The minimum Gasteiger partial charge on any atom is -0.349 e. The van der Waals surface area contributed by atoms with Crippen LogP contribution in [0.5, 0.6) is 0 Å². The van der Waals surface area contributed by atoms with Gasteiger partial charge in [0.05, 0.1) is 18.3 Å². The molecule has 4 heterocycles. The van der Waals surface area contributed by atoms with Gasteiger partial charge in [-0.3, -0.25) is 9.59 Å². The second-order valence-electron chi connectivity index (χ2n) is 7.56. The normalized spacial score (nSPS) is 16.8. The summed E-state index contributed by atoms with van der Waals surface area (Å²) in [6, 6.07) is 5.02. The summed E-state index contributed by atoms with van der Waals surface area (Å²) < 4.78 is 2.09. The number of nitriles is 1. The van der Waals surface area contributed by atoms with Crippen molar-refractivity contribution in [1.82, 2.24) is 24.9 Å². The number of aromatic nitrogens is 4. The number of nitrogens with one attached hydrogen (secondary N) is 1. The first-order chi connectivity index (χ1) is 14.4. The van der Waals surface area contributed by atoms with Crippen molar-refractivity contribution in [3.63, 3.8) is 0 Å². The number of halogens is 1. The van der Waals surface area contributed by atoms with Gasteiger partial charge in [-0.1, -0.05) is 0 Å².